The fourth-order valence-electron chi connectivity index (χ4n) is 8.08. The minimum Gasteiger partial charge on any atom is -0.469 e. The third-order valence-corrected chi connectivity index (χ3v) is 15.9. The van der Waals surface area contributed by atoms with Crippen LogP contribution in [0.5, 0.6) is 0 Å². The van der Waals surface area contributed by atoms with Crippen molar-refractivity contribution >= 4 is 20.4 Å². The predicted molar refractivity (Wildman–Crippen MR) is 189 cm³/mol. The highest BCUT2D eigenvalue weighted by Crippen LogP contribution is 2.59. The molecule has 0 aromatic rings. The minimum absolute atomic E-state index is 0.137. The van der Waals surface area contributed by atoms with E-state index in [2.05, 4.69) is 69.1 Å². The van der Waals surface area contributed by atoms with Gasteiger partial charge in [-0.25, -0.2) is 4.79 Å². The molecule has 0 bridgehead atoms. The van der Waals surface area contributed by atoms with Gasteiger partial charge in [-0.05, 0) is 116 Å². The Morgan fingerprint density at radius 1 is 1.04 bits per heavy atom. The van der Waals surface area contributed by atoms with E-state index in [9.17, 15) is 9.59 Å². The molecule has 0 unspecified atom stereocenters. The fourth-order valence-corrected chi connectivity index (χ4v) is 9.17. The molecule has 0 N–H and O–H groups in total. The summed E-state index contributed by atoms with van der Waals surface area (Å²) in [6.45, 7) is 20.4. The van der Waals surface area contributed by atoms with Crippen molar-refractivity contribution in [2.24, 2.45) is 17.3 Å². The first-order valence-electron chi connectivity index (χ1n) is 18.1. The van der Waals surface area contributed by atoms with Crippen molar-refractivity contribution in [3.8, 4) is 0 Å². The summed E-state index contributed by atoms with van der Waals surface area (Å²) in [5.41, 5.74) is 0.583. The number of rotatable bonds is 10. The van der Waals surface area contributed by atoms with Crippen molar-refractivity contribution in [3.05, 3.63) is 36.0 Å². The summed E-state index contributed by atoms with van der Waals surface area (Å²) < 4.78 is 17.7. The van der Waals surface area contributed by atoms with E-state index in [0.717, 1.165) is 64.5 Å². The molecule has 3 aliphatic heterocycles. The SMILES string of the molecule is COC(=O)[C@@H]1C=C(CC/C=C\CCCCO[Si](C)(C)C(C)(C)C)[C@@H]2N3CCCC/C=C\[C@H]3C[C@@]23CN(C(=O)OC(C)(C)C)CC[C@@H]13. The Balaban J connectivity index is 1.50. The first kappa shape index (κ1) is 36.9. The zero-order chi connectivity index (χ0) is 33.8. The number of hydrogen-bond donors (Lipinski definition) is 0. The van der Waals surface area contributed by atoms with Crippen LogP contribution in [0.3, 0.4) is 0 Å². The molecule has 7 nitrogen and oxygen atoms in total. The number of unbranched alkanes of at least 4 members (excludes halogenated alkanes) is 2. The van der Waals surface area contributed by atoms with E-state index >= 15 is 0 Å². The number of esters is 1. The zero-order valence-electron chi connectivity index (χ0n) is 30.5. The second-order valence-electron chi connectivity index (χ2n) is 16.8. The smallest absolute Gasteiger partial charge is 0.410 e. The molecule has 1 spiro atoms. The van der Waals surface area contributed by atoms with Crippen LogP contribution in [0, 0.1) is 17.3 Å². The molecule has 1 amide bonds. The molecule has 4 aliphatic rings. The number of nitrogens with zero attached hydrogens (tertiary/aromatic N) is 2. The number of carbonyl (C=O) groups excluding carboxylic acids is 2. The number of likely N-dealkylation sites (tertiary alicyclic amines) is 1. The molecule has 260 valence electrons. The van der Waals surface area contributed by atoms with Crippen LogP contribution in [-0.2, 0) is 18.7 Å². The number of methoxy groups -OCH3 is 1. The molecule has 8 heteroatoms. The number of allylic oxidation sites excluding steroid dienone is 3. The molecule has 3 heterocycles. The van der Waals surface area contributed by atoms with Gasteiger partial charge in [0.2, 0.25) is 0 Å². The van der Waals surface area contributed by atoms with Crippen LogP contribution in [0.25, 0.3) is 0 Å². The first-order valence-corrected chi connectivity index (χ1v) is 21.0. The maximum absolute atomic E-state index is 13.4. The molecule has 0 saturated carbocycles. The van der Waals surface area contributed by atoms with Crippen molar-refractivity contribution < 1.29 is 23.5 Å². The van der Waals surface area contributed by atoms with E-state index in [-0.39, 0.29) is 40.4 Å². The molecule has 0 radical (unpaired) electrons. The molecule has 2 saturated heterocycles. The Kier molecular flexibility index (Phi) is 12.1. The van der Waals surface area contributed by atoms with Gasteiger partial charge in [-0.3, -0.25) is 9.69 Å². The van der Waals surface area contributed by atoms with Crippen molar-refractivity contribution in [2.75, 3.05) is 33.4 Å². The Hall–Kier alpha value is -1.90. The highest BCUT2D eigenvalue weighted by Gasteiger charge is 2.63. The number of piperidine rings is 1. The van der Waals surface area contributed by atoms with Gasteiger partial charge in [-0.15, -0.1) is 0 Å². The van der Waals surface area contributed by atoms with Crippen molar-refractivity contribution in [2.45, 2.75) is 142 Å². The highest BCUT2D eigenvalue weighted by molar-refractivity contribution is 6.74. The minimum atomic E-state index is -1.68. The first-order chi connectivity index (χ1) is 21.6. The number of hydrogen-bond acceptors (Lipinski definition) is 6. The van der Waals surface area contributed by atoms with Crippen LogP contribution >= 0.6 is 0 Å². The Morgan fingerprint density at radius 3 is 2.48 bits per heavy atom. The van der Waals surface area contributed by atoms with Gasteiger partial charge >= 0.3 is 12.1 Å². The van der Waals surface area contributed by atoms with Gasteiger partial charge in [0.1, 0.15) is 5.60 Å². The summed E-state index contributed by atoms with van der Waals surface area (Å²) in [6.07, 6.45) is 21.8. The van der Waals surface area contributed by atoms with Gasteiger partial charge in [-0.1, -0.05) is 56.7 Å². The fraction of sp³-hybridized carbons (Fsp3) is 0.789. The van der Waals surface area contributed by atoms with Crippen LogP contribution in [0.4, 0.5) is 4.79 Å². The van der Waals surface area contributed by atoms with E-state index in [0.29, 0.717) is 19.1 Å². The van der Waals surface area contributed by atoms with Crippen LogP contribution in [-0.4, -0.2) is 81.2 Å². The monoisotopic (exact) mass is 656 g/mol. The molecular weight excluding hydrogens is 593 g/mol. The van der Waals surface area contributed by atoms with Gasteiger partial charge in [0, 0.05) is 37.2 Å². The van der Waals surface area contributed by atoms with Gasteiger partial charge in [0.05, 0.1) is 13.0 Å². The third-order valence-electron chi connectivity index (χ3n) is 11.3. The summed E-state index contributed by atoms with van der Waals surface area (Å²) in [6, 6.07) is 0.521. The van der Waals surface area contributed by atoms with Gasteiger partial charge in [0.25, 0.3) is 0 Å². The second kappa shape index (κ2) is 15.1. The summed E-state index contributed by atoms with van der Waals surface area (Å²) in [5.74, 6) is -0.286. The Morgan fingerprint density at radius 2 is 1.78 bits per heavy atom. The Labute approximate surface area is 281 Å². The van der Waals surface area contributed by atoms with Crippen LogP contribution in [0.1, 0.15) is 106 Å². The lowest BCUT2D eigenvalue weighted by molar-refractivity contribution is -0.150. The average molecular weight is 657 g/mol. The molecule has 0 aromatic heterocycles. The van der Waals surface area contributed by atoms with E-state index in [1.807, 2.05) is 25.7 Å². The maximum atomic E-state index is 13.4. The number of carbonyl (C=O) groups is 2. The van der Waals surface area contributed by atoms with E-state index < -0.39 is 13.9 Å². The lowest BCUT2D eigenvalue weighted by atomic mass is 9.56. The summed E-state index contributed by atoms with van der Waals surface area (Å²) in [5, 5.41) is 0.250. The number of ether oxygens (including phenoxy) is 2. The molecule has 46 heavy (non-hydrogen) atoms. The quantitative estimate of drug-likeness (QED) is 0.101. The lowest BCUT2D eigenvalue weighted by Gasteiger charge is -2.54. The molecule has 0 aromatic carbocycles. The number of fused-ring (bicyclic) bond motifs is 2. The summed E-state index contributed by atoms with van der Waals surface area (Å²) >= 11 is 0. The van der Waals surface area contributed by atoms with Crippen LogP contribution < -0.4 is 0 Å². The second-order valence-corrected chi connectivity index (χ2v) is 21.6. The molecule has 5 atom stereocenters. The lowest BCUT2D eigenvalue weighted by Crippen LogP contribution is -2.61. The van der Waals surface area contributed by atoms with Gasteiger partial charge in [0.15, 0.2) is 8.32 Å². The van der Waals surface area contributed by atoms with E-state index in [1.54, 1.807) is 0 Å². The topological polar surface area (TPSA) is 68.3 Å². The largest absolute Gasteiger partial charge is 0.469 e. The highest BCUT2D eigenvalue weighted by atomic mass is 28.4. The van der Waals surface area contributed by atoms with Gasteiger partial charge < -0.3 is 18.8 Å². The zero-order valence-corrected chi connectivity index (χ0v) is 31.5. The molecule has 4 rings (SSSR count). The van der Waals surface area contributed by atoms with Crippen molar-refractivity contribution in [3.63, 3.8) is 0 Å². The van der Waals surface area contributed by atoms with E-state index in [1.165, 1.54) is 25.5 Å². The third kappa shape index (κ3) is 8.57. The molecular formula is C38H64N2O5Si. The summed E-state index contributed by atoms with van der Waals surface area (Å²) in [4.78, 5) is 31.5. The number of amides is 1. The van der Waals surface area contributed by atoms with Crippen LogP contribution in [0.15, 0.2) is 36.0 Å². The predicted octanol–water partition coefficient (Wildman–Crippen LogP) is 8.67. The maximum Gasteiger partial charge on any atom is 0.410 e. The normalized spacial score (nSPS) is 29.7. The summed E-state index contributed by atoms with van der Waals surface area (Å²) in [7, 11) is -0.166. The standard InChI is InChI=1S/C38H64N2O5Si/c1-36(2,3)45-35(42)39-24-22-32-31(34(41)43-7)26-29(20-16-12-10-11-15-19-25-44-46(8,9)37(4,5)6)33-38(32,28-39)27-30-21-17-13-14-18-23-40(30)33/h10,12,17,21,26,30-33H,11,13-16,18-20,22-25,27-28H2,1-9H3/b12-10-,21-17-/t30-,31+,32-,33-,38-/m0/s1. The molecule has 2 fully saturated rings. The molecule has 1 aliphatic carbocycles. The Bertz CT molecular complexity index is 1150. The van der Waals surface area contributed by atoms with Crippen molar-refractivity contribution in [1.82, 2.24) is 9.80 Å². The average Bonchev–Trinajstić information content (AvgIpc) is 3.25. The van der Waals surface area contributed by atoms with Crippen molar-refractivity contribution in [1.29, 1.82) is 0 Å². The van der Waals surface area contributed by atoms with E-state index in [4.69, 9.17) is 13.9 Å². The van der Waals surface area contributed by atoms with Crippen LogP contribution in [0.2, 0.25) is 18.1 Å². The van der Waals surface area contributed by atoms with Gasteiger partial charge in [-0.2, -0.15) is 0 Å².